The van der Waals surface area contributed by atoms with Crippen LogP contribution in [-0.4, -0.2) is 39.5 Å². The number of hydrogen-bond acceptors (Lipinski definition) is 5. The highest BCUT2D eigenvalue weighted by Crippen LogP contribution is 2.23. The number of rotatable bonds is 4. The number of carbonyl (C=O) groups is 1. The number of ether oxygens (including phenoxy) is 1. The van der Waals surface area contributed by atoms with Gasteiger partial charge in [0.25, 0.3) is 5.91 Å². The predicted molar refractivity (Wildman–Crippen MR) is 75.6 cm³/mol. The molecule has 1 aliphatic heterocycles. The van der Waals surface area contributed by atoms with E-state index in [1.807, 2.05) is 6.92 Å². The summed E-state index contributed by atoms with van der Waals surface area (Å²) in [4.78, 5) is 12.1. The third-order valence-electron chi connectivity index (χ3n) is 3.13. The van der Waals surface area contributed by atoms with Crippen LogP contribution in [0.5, 0.6) is 0 Å². The Kier molecular flexibility index (Phi) is 3.92. The zero-order valence-corrected chi connectivity index (χ0v) is 12.3. The molecule has 7 heteroatoms. The van der Waals surface area contributed by atoms with Crippen molar-refractivity contribution in [2.75, 3.05) is 18.4 Å². The van der Waals surface area contributed by atoms with Crippen LogP contribution < -0.4 is 5.01 Å². The van der Waals surface area contributed by atoms with Crippen LogP contribution in [0.2, 0.25) is 0 Å². The molecule has 0 radical (unpaired) electrons. The predicted octanol–water partition coefficient (Wildman–Crippen LogP) is 1.22. The Morgan fingerprint density at radius 1 is 1.30 bits per heavy atom. The summed E-state index contributed by atoms with van der Waals surface area (Å²) >= 11 is 0. The first-order chi connectivity index (χ1) is 9.32. The summed E-state index contributed by atoms with van der Waals surface area (Å²) in [7, 11) is -1.69. The maximum Gasteiger partial charge on any atom is 0.253 e. The number of benzene rings is 1. The molecule has 0 bridgehead atoms. The van der Waals surface area contributed by atoms with Crippen molar-refractivity contribution in [3.63, 3.8) is 0 Å². The number of amides is 1. The van der Waals surface area contributed by atoms with Crippen molar-refractivity contribution >= 4 is 27.1 Å². The van der Waals surface area contributed by atoms with E-state index in [-0.39, 0.29) is 23.3 Å². The Hall–Kier alpha value is -1.73. The molecule has 1 aliphatic rings. The smallest absolute Gasteiger partial charge is 0.253 e. The van der Waals surface area contributed by atoms with Crippen LogP contribution in [0, 0.1) is 0 Å². The zero-order valence-electron chi connectivity index (χ0n) is 11.5. The number of hydrogen-bond donors (Lipinski definition) is 0. The molecule has 0 saturated carbocycles. The molecule has 6 nitrogen and oxygen atoms in total. The Morgan fingerprint density at radius 3 is 2.40 bits per heavy atom. The minimum Gasteiger partial charge on any atom is -0.376 e. The van der Waals surface area contributed by atoms with E-state index in [1.54, 1.807) is 19.2 Å². The third-order valence-corrected chi connectivity index (χ3v) is 4.26. The van der Waals surface area contributed by atoms with Gasteiger partial charge in [0.1, 0.15) is 0 Å². The van der Waals surface area contributed by atoms with E-state index >= 15 is 0 Å². The first-order valence-corrected chi connectivity index (χ1v) is 7.95. The standard InChI is InChI=1S/C13H16N2O4S/c1-9(19-2)12-8-13(16)15(14-12)10-4-6-11(7-5-10)20(3,17)18/h4-7,9H,8H2,1-3H3. The van der Waals surface area contributed by atoms with Crippen LogP contribution in [0.15, 0.2) is 34.3 Å². The van der Waals surface area contributed by atoms with Crippen LogP contribution in [0.3, 0.4) is 0 Å². The molecule has 1 unspecified atom stereocenters. The van der Waals surface area contributed by atoms with E-state index in [9.17, 15) is 13.2 Å². The fourth-order valence-electron chi connectivity index (χ4n) is 1.85. The highest BCUT2D eigenvalue weighted by atomic mass is 32.2. The molecule has 0 N–H and O–H groups in total. The number of anilines is 1. The van der Waals surface area contributed by atoms with Crippen molar-refractivity contribution in [3.8, 4) is 0 Å². The Bertz CT molecular complexity index is 649. The van der Waals surface area contributed by atoms with Gasteiger partial charge < -0.3 is 4.74 Å². The second-order valence-electron chi connectivity index (χ2n) is 4.62. The Balaban J connectivity index is 2.28. The molecule has 0 aliphatic carbocycles. The Labute approximate surface area is 118 Å². The maximum atomic E-state index is 11.9. The number of nitrogens with zero attached hydrogens (tertiary/aromatic N) is 2. The summed E-state index contributed by atoms with van der Waals surface area (Å²) in [5.74, 6) is -0.156. The first-order valence-electron chi connectivity index (χ1n) is 6.06. The van der Waals surface area contributed by atoms with Gasteiger partial charge in [-0.15, -0.1) is 0 Å². The summed E-state index contributed by atoms with van der Waals surface area (Å²) in [5.41, 5.74) is 1.20. The fourth-order valence-corrected chi connectivity index (χ4v) is 2.48. The lowest BCUT2D eigenvalue weighted by molar-refractivity contribution is -0.117. The average molecular weight is 296 g/mol. The molecule has 0 fully saturated rings. The molecular formula is C13H16N2O4S. The van der Waals surface area contributed by atoms with E-state index < -0.39 is 9.84 Å². The molecule has 108 valence electrons. The molecule has 0 saturated heterocycles. The van der Waals surface area contributed by atoms with Crippen LogP contribution in [0.25, 0.3) is 0 Å². The molecule has 20 heavy (non-hydrogen) atoms. The van der Waals surface area contributed by atoms with Gasteiger partial charge in [-0.05, 0) is 31.2 Å². The third kappa shape index (κ3) is 2.88. The minimum atomic E-state index is -3.24. The van der Waals surface area contributed by atoms with Crippen LogP contribution in [-0.2, 0) is 19.4 Å². The van der Waals surface area contributed by atoms with Gasteiger partial charge in [0, 0.05) is 13.4 Å². The first kappa shape index (κ1) is 14.7. The van der Waals surface area contributed by atoms with Gasteiger partial charge in [0.05, 0.1) is 28.8 Å². The second kappa shape index (κ2) is 5.34. The van der Waals surface area contributed by atoms with Crippen molar-refractivity contribution < 1.29 is 17.9 Å². The molecule has 1 aromatic carbocycles. The normalized spacial score (nSPS) is 17.2. The van der Waals surface area contributed by atoms with Gasteiger partial charge in [-0.2, -0.15) is 5.10 Å². The van der Waals surface area contributed by atoms with Crippen molar-refractivity contribution in [1.29, 1.82) is 0 Å². The molecule has 1 heterocycles. The minimum absolute atomic E-state index is 0.156. The highest BCUT2D eigenvalue weighted by Gasteiger charge is 2.28. The molecule has 1 aromatic rings. The van der Waals surface area contributed by atoms with Crippen LogP contribution in [0.1, 0.15) is 13.3 Å². The summed E-state index contributed by atoms with van der Waals surface area (Å²) in [6, 6.07) is 6.06. The monoisotopic (exact) mass is 296 g/mol. The number of hydrazone groups is 1. The van der Waals surface area contributed by atoms with Gasteiger partial charge in [-0.1, -0.05) is 0 Å². The van der Waals surface area contributed by atoms with Gasteiger partial charge in [0.15, 0.2) is 9.84 Å². The quantitative estimate of drug-likeness (QED) is 0.837. The van der Waals surface area contributed by atoms with Crippen molar-refractivity contribution in [2.45, 2.75) is 24.3 Å². The van der Waals surface area contributed by atoms with Crippen molar-refractivity contribution in [1.82, 2.24) is 0 Å². The van der Waals surface area contributed by atoms with Gasteiger partial charge >= 0.3 is 0 Å². The largest absolute Gasteiger partial charge is 0.376 e. The van der Waals surface area contributed by atoms with Crippen LogP contribution >= 0.6 is 0 Å². The lowest BCUT2D eigenvalue weighted by Crippen LogP contribution is -2.20. The fraction of sp³-hybridized carbons (Fsp3) is 0.385. The average Bonchev–Trinajstić information content (AvgIpc) is 2.79. The summed E-state index contributed by atoms with van der Waals surface area (Å²) < 4.78 is 27.9. The van der Waals surface area contributed by atoms with Crippen molar-refractivity contribution in [2.24, 2.45) is 5.10 Å². The van der Waals surface area contributed by atoms with Crippen LogP contribution in [0.4, 0.5) is 5.69 Å². The zero-order chi connectivity index (χ0) is 14.9. The maximum absolute atomic E-state index is 11.9. The van der Waals surface area contributed by atoms with E-state index in [1.165, 1.54) is 17.1 Å². The number of sulfone groups is 1. The van der Waals surface area contributed by atoms with Gasteiger partial charge in [-0.25, -0.2) is 13.4 Å². The second-order valence-corrected chi connectivity index (χ2v) is 6.63. The summed E-state index contributed by atoms with van der Waals surface area (Å²) in [6.07, 6.45) is 1.13. The molecule has 1 amide bonds. The Morgan fingerprint density at radius 2 is 1.90 bits per heavy atom. The molecule has 0 spiro atoms. The summed E-state index contributed by atoms with van der Waals surface area (Å²) in [5, 5.41) is 5.50. The molecule has 0 aromatic heterocycles. The van der Waals surface area contributed by atoms with E-state index in [0.717, 1.165) is 6.26 Å². The molecular weight excluding hydrogens is 280 g/mol. The SMILES string of the molecule is COC(C)C1=NN(c2ccc(S(C)(=O)=O)cc2)C(=O)C1. The topological polar surface area (TPSA) is 76.0 Å². The number of carbonyl (C=O) groups excluding carboxylic acids is 1. The van der Waals surface area contributed by atoms with Gasteiger partial charge in [-0.3, -0.25) is 4.79 Å². The molecule has 2 rings (SSSR count). The van der Waals surface area contributed by atoms with Crippen molar-refractivity contribution in [3.05, 3.63) is 24.3 Å². The number of methoxy groups -OCH3 is 1. The summed E-state index contributed by atoms with van der Waals surface area (Å²) in [6.45, 7) is 1.82. The van der Waals surface area contributed by atoms with E-state index in [0.29, 0.717) is 11.4 Å². The lowest BCUT2D eigenvalue weighted by atomic mass is 10.2. The molecule has 1 atom stereocenters. The lowest BCUT2D eigenvalue weighted by Gasteiger charge is -2.12. The van der Waals surface area contributed by atoms with E-state index in [2.05, 4.69) is 5.10 Å². The van der Waals surface area contributed by atoms with E-state index in [4.69, 9.17) is 4.74 Å². The van der Waals surface area contributed by atoms with Gasteiger partial charge in [0.2, 0.25) is 0 Å². The highest BCUT2D eigenvalue weighted by molar-refractivity contribution is 7.90.